The third-order valence-corrected chi connectivity index (χ3v) is 0.751. The number of hydrogen-bond donors (Lipinski definition) is 0. The van der Waals surface area contributed by atoms with E-state index in [1.165, 1.54) is 5.51 Å². The first-order valence-corrected chi connectivity index (χ1v) is 2.10. The largest absolute Gasteiger partial charge is 0.451 e. The van der Waals surface area contributed by atoms with Gasteiger partial charge in [-0.25, -0.2) is 4.79 Å². The summed E-state index contributed by atoms with van der Waals surface area (Å²) < 4.78 is 4.21. The second-order valence-electron chi connectivity index (χ2n) is 0.680. The SMILES string of the molecule is O=c1ncso1. The molecule has 0 amide bonds. The molecule has 0 atom stereocenters. The Bertz CT molecular complexity index is 149. The van der Waals surface area contributed by atoms with E-state index in [2.05, 4.69) is 8.83 Å². The predicted octanol–water partition coefficient (Wildman–Crippen LogP) is 0.0963. The fourth-order valence-electron chi connectivity index (χ4n) is 0.149. The fourth-order valence-corrected chi connectivity index (χ4v) is 0.446. The first-order valence-electron chi connectivity index (χ1n) is 1.29. The van der Waals surface area contributed by atoms with Crippen molar-refractivity contribution in [3.8, 4) is 0 Å². The Morgan fingerprint density at radius 2 is 2.83 bits per heavy atom. The highest BCUT2D eigenvalue weighted by molar-refractivity contribution is 7.00. The van der Waals surface area contributed by atoms with Crippen molar-refractivity contribution >= 4 is 11.6 Å². The molecule has 0 aliphatic heterocycles. The standard InChI is InChI=1S/C2HNO2S/c4-2-3-1-6-5-2/h1H. The molecule has 0 bridgehead atoms. The molecule has 0 saturated carbocycles. The van der Waals surface area contributed by atoms with Crippen LogP contribution in [0.4, 0.5) is 0 Å². The molecule has 0 spiro atoms. The van der Waals surface area contributed by atoms with Gasteiger partial charge in [-0.3, -0.25) is 0 Å². The van der Waals surface area contributed by atoms with E-state index < -0.39 is 5.76 Å². The van der Waals surface area contributed by atoms with Crippen LogP contribution >= 0.6 is 11.6 Å². The van der Waals surface area contributed by atoms with Gasteiger partial charge in [0, 0.05) is 0 Å². The number of nitrogens with zero attached hydrogens (tertiary/aromatic N) is 1. The molecule has 0 N–H and O–H groups in total. The molecule has 32 valence electrons. The van der Waals surface area contributed by atoms with E-state index in [-0.39, 0.29) is 0 Å². The summed E-state index contributed by atoms with van der Waals surface area (Å²) in [5.74, 6) is -0.514. The molecular formula is C2HNO2S. The molecular weight excluding hydrogens is 102 g/mol. The van der Waals surface area contributed by atoms with Crippen LogP contribution in [0.5, 0.6) is 0 Å². The van der Waals surface area contributed by atoms with Crippen LogP contribution in [0.3, 0.4) is 0 Å². The molecule has 0 aromatic carbocycles. The van der Waals surface area contributed by atoms with Gasteiger partial charge in [0.05, 0.1) is 11.6 Å². The third-order valence-electron chi connectivity index (χ3n) is 0.321. The summed E-state index contributed by atoms with van der Waals surface area (Å²) in [5, 5.41) is 0. The lowest BCUT2D eigenvalue weighted by molar-refractivity contribution is 0.617. The van der Waals surface area contributed by atoms with Crippen molar-refractivity contribution in [1.29, 1.82) is 0 Å². The zero-order valence-corrected chi connectivity index (χ0v) is 3.57. The van der Waals surface area contributed by atoms with Crippen LogP contribution in [0.2, 0.25) is 0 Å². The van der Waals surface area contributed by atoms with Gasteiger partial charge >= 0.3 is 5.76 Å². The van der Waals surface area contributed by atoms with Gasteiger partial charge in [-0.2, -0.15) is 4.98 Å². The summed E-state index contributed by atoms with van der Waals surface area (Å²) in [6.07, 6.45) is 0. The predicted molar refractivity (Wildman–Crippen MR) is 20.6 cm³/mol. The summed E-state index contributed by atoms with van der Waals surface area (Å²) in [5.41, 5.74) is 1.35. The Balaban J connectivity index is 3.41. The quantitative estimate of drug-likeness (QED) is 0.467. The average Bonchev–Trinajstić information content (AvgIpc) is 1.86. The van der Waals surface area contributed by atoms with Gasteiger partial charge in [0.1, 0.15) is 5.51 Å². The van der Waals surface area contributed by atoms with Crippen molar-refractivity contribution < 1.29 is 3.85 Å². The normalized spacial score (nSPS) is 8.67. The summed E-state index contributed by atoms with van der Waals surface area (Å²) in [4.78, 5) is 13.0. The monoisotopic (exact) mass is 103 g/mol. The molecule has 3 nitrogen and oxygen atoms in total. The maximum absolute atomic E-state index is 9.80. The molecule has 1 aromatic heterocycles. The molecule has 0 saturated heterocycles. The zero-order valence-electron chi connectivity index (χ0n) is 2.75. The highest BCUT2D eigenvalue weighted by Crippen LogP contribution is 1.79. The second-order valence-corrected chi connectivity index (χ2v) is 1.25. The van der Waals surface area contributed by atoms with E-state index >= 15 is 0 Å². The van der Waals surface area contributed by atoms with Crippen LogP contribution in [-0.2, 0) is 0 Å². The Morgan fingerprint density at radius 1 is 2.00 bits per heavy atom. The van der Waals surface area contributed by atoms with E-state index in [1.54, 1.807) is 0 Å². The lowest BCUT2D eigenvalue weighted by Gasteiger charge is -1.46. The van der Waals surface area contributed by atoms with E-state index in [4.69, 9.17) is 0 Å². The molecule has 0 fully saturated rings. The van der Waals surface area contributed by atoms with Crippen molar-refractivity contribution in [3.05, 3.63) is 16.1 Å². The highest BCUT2D eigenvalue weighted by atomic mass is 32.1. The molecule has 4 heteroatoms. The molecule has 0 unspecified atom stereocenters. The van der Waals surface area contributed by atoms with Crippen molar-refractivity contribution in [2.75, 3.05) is 0 Å². The number of aromatic nitrogens is 1. The first kappa shape index (κ1) is 3.55. The molecule has 1 aromatic rings. The Kier molecular flexibility index (Phi) is 0.719. The van der Waals surface area contributed by atoms with Crippen molar-refractivity contribution in [2.24, 2.45) is 0 Å². The van der Waals surface area contributed by atoms with Crippen molar-refractivity contribution in [1.82, 2.24) is 4.98 Å². The summed E-state index contributed by atoms with van der Waals surface area (Å²) >= 11 is 0.941. The second kappa shape index (κ2) is 1.22. The van der Waals surface area contributed by atoms with Crippen molar-refractivity contribution in [3.63, 3.8) is 0 Å². The molecule has 6 heavy (non-hydrogen) atoms. The number of hydrogen-bond acceptors (Lipinski definition) is 4. The lowest BCUT2D eigenvalue weighted by atomic mass is 11.4. The van der Waals surface area contributed by atoms with Gasteiger partial charge in [-0.1, -0.05) is 0 Å². The van der Waals surface area contributed by atoms with Crippen LogP contribution in [0, 0.1) is 0 Å². The van der Waals surface area contributed by atoms with Gasteiger partial charge in [-0.15, -0.1) is 0 Å². The minimum absolute atomic E-state index is 0.514. The molecule has 0 radical (unpaired) electrons. The van der Waals surface area contributed by atoms with E-state index in [0.717, 1.165) is 11.6 Å². The number of rotatable bonds is 0. The Morgan fingerprint density at radius 3 is 3.00 bits per heavy atom. The molecule has 0 aliphatic rings. The van der Waals surface area contributed by atoms with Gasteiger partial charge < -0.3 is 3.85 Å². The van der Waals surface area contributed by atoms with Crippen LogP contribution in [-0.4, -0.2) is 4.98 Å². The highest BCUT2D eigenvalue weighted by Gasteiger charge is 1.77. The molecule has 0 aliphatic carbocycles. The summed E-state index contributed by atoms with van der Waals surface area (Å²) in [6.45, 7) is 0. The minimum Gasteiger partial charge on any atom is -0.346 e. The zero-order chi connectivity index (χ0) is 4.41. The van der Waals surface area contributed by atoms with Crippen LogP contribution in [0.25, 0.3) is 0 Å². The maximum Gasteiger partial charge on any atom is 0.451 e. The molecule has 1 rings (SSSR count). The average molecular weight is 103 g/mol. The maximum atomic E-state index is 9.80. The van der Waals surface area contributed by atoms with Crippen LogP contribution in [0.1, 0.15) is 0 Å². The molecule has 1 heterocycles. The Hall–Kier alpha value is -0.640. The Labute approximate surface area is 37.5 Å². The van der Waals surface area contributed by atoms with Gasteiger partial charge in [0.25, 0.3) is 0 Å². The third kappa shape index (κ3) is 0.463. The summed E-state index contributed by atoms with van der Waals surface area (Å²) in [6, 6.07) is 0. The lowest BCUT2D eigenvalue weighted by Crippen LogP contribution is -1.91. The van der Waals surface area contributed by atoms with E-state index in [9.17, 15) is 4.79 Å². The van der Waals surface area contributed by atoms with Gasteiger partial charge in [0.2, 0.25) is 0 Å². The van der Waals surface area contributed by atoms with Crippen LogP contribution < -0.4 is 5.76 Å². The minimum atomic E-state index is -0.514. The first-order chi connectivity index (χ1) is 2.89. The smallest absolute Gasteiger partial charge is 0.346 e. The topological polar surface area (TPSA) is 43.1 Å². The van der Waals surface area contributed by atoms with Crippen molar-refractivity contribution in [2.45, 2.75) is 0 Å². The van der Waals surface area contributed by atoms with E-state index in [0.29, 0.717) is 0 Å². The van der Waals surface area contributed by atoms with Gasteiger partial charge in [0.15, 0.2) is 0 Å². The fraction of sp³-hybridized carbons (Fsp3) is 0. The van der Waals surface area contributed by atoms with Crippen LogP contribution in [0.15, 0.2) is 14.2 Å². The summed E-state index contributed by atoms with van der Waals surface area (Å²) in [7, 11) is 0. The van der Waals surface area contributed by atoms with E-state index in [1.807, 2.05) is 0 Å². The van der Waals surface area contributed by atoms with Gasteiger partial charge in [-0.05, 0) is 0 Å².